The number of hydrogen-bond donors (Lipinski definition) is 0. The summed E-state index contributed by atoms with van der Waals surface area (Å²) < 4.78 is 10.4. The molecule has 0 aliphatic heterocycles. The number of nitriles is 1. The van der Waals surface area contributed by atoms with Crippen LogP contribution in [-0.2, 0) is 4.79 Å². The Kier molecular flexibility index (Phi) is 4.87. The Morgan fingerprint density at radius 2 is 2.06 bits per heavy atom. The summed E-state index contributed by atoms with van der Waals surface area (Å²) >= 11 is 0. The van der Waals surface area contributed by atoms with Crippen LogP contribution >= 0.6 is 0 Å². The number of esters is 1. The van der Waals surface area contributed by atoms with E-state index in [2.05, 4.69) is 0 Å². The number of carbonyl (C=O) groups excluding carboxylic acids is 1. The van der Waals surface area contributed by atoms with Crippen molar-refractivity contribution in [3.05, 3.63) is 24.3 Å². The fourth-order valence-electron chi connectivity index (χ4n) is 1.14. The van der Waals surface area contributed by atoms with Gasteiger partial charge in [0.15, 0.2) is 11.5 Å². The quantitative estimate of drug-likeness (QED) is 0.563. The van der Waals surface area contributed by atoms with Crippen LogP contribution in [0.15, 0.2) is 24.3 Å². The minimum absolute atomic E-state index is 0.0942. The highest BCUT2D eigenvalue weighted by Crippen LogP contribution is 2.26. The van der Waals surface area contributed by atoms with Crippen LogP contribution in [0, 0.1) is 11.3 Å². The van der Waals surface area contributed by atoms with E-state index >= 15 is 0 Å². The first-order chi connectivity index (χ1) is 7.77. The van der Waals surface area contributed by atoms with Crippen molar-refractivity contribution in [1.29, 1.82) is 5.26 Å². The molecule has 4 heteroatoms. The third kappa shape index (κ3) is 3.62. The third-order valence-corrected chi connectivity index (χ3v) is 1.81. The Balaban J connectivity index is 2.65. The van der Waals surface area contributed by atoms with Crippen LogP contribution in [0.3, 0.4) is 0 Å². The molecule has 0 aromatic heterocycles. The molecule has 0 atom stereocenters. The summed E-state index contributed by atoms with van der Waals surface area (Å²) in [5.74, 6) is 0.510. The number of benzene rings is 1. The highest BCUT2D eigenvalue weighted by molar-refractivity contribution is 5.73. The van der Waals surface area contributed by atoms with Gasteiger partial charge in [0.1, 0.15) is 0 Å². The van der Waals surface area contributed by atoms with Crippen molar-refractivity contribution in [3.8, 4) is 17.6 Å². The average molecular weight is 219 g/mol. The predicted octanol–water partition coefficient (Wildman–Crippen LogP) is 2.29. The second kappa shape index (κ2) is 6.46. The smallest absolute Gasteiger partial charge is 0.312 e. The number of hydrogen-bond acceptors (Lipinski definition) is 4. The average Bonchev–Trinajstić information content (AvgIpc) is 2.29. The molecule has 0 radical (unpaired) electrons. The van der Waals surface area contributed by atoms with E-state index in [1.54, 1.807) is 24.3 Å². The van der Waals surface area contributed by atoms with Gasteiger partial charge in [0.25, 0.3) is 0 Å². The van der Waals surface area contributed by atoms with E-state index in [1.165, 1.54) is 0 Å². The summed E-state index contributed by atoms with van der Waals surface area (Å²) in [6, 6.07) is 8.85. The van der Waals surface area contributed by atoms with Gasteiger partial charge in [-0.3, -0.25) is 4.79 Å². The van der Waals surface area contributed by atoms with E-state index in [-0.39, 0.29) is 12.8 Å². The van der Waals surface area contributed by atoms with E-state index in [0.717, 1.165) is 0 Å². The molecule has 0 saturated carbocycles. The molecule has 0 heterocycles. The number of para-hydroxylation sites is 2. The van der Waals surface area contributed by atoms with Crippen LogP contribution in [-0.4, -0.2) is 12.6 Å². The topological polar surface area (TPSA) is 59.3 Å². The van der Waals surface area contributed by atoms with Gasteiger partial charge in [-0.1, -0.05) is 12.1 Å². The van der Waals surface area contributed by atoms with Gasteiger partial charge in [-0.2, -0.15) is 5.26 Å². The van der Waals surface area contributed by atoms with E-state index in [1.807, 2.05) is 13.0 Å². The molecule has 16 heavy (non-hydrogen) atoms. The standard InChI is InChI=1S/C12H13NO3/c1-2-15-10-6-3-4-7-11(10)16-12(14)8-5-9-13/h3-4,6-7H,2,5,8H2,1H3. The normalized spacial score (nSPS) is 9.25. The van der Waals surface area contributed by atoms with Gasteiger partial charge in [0.2, 0.25) is 0 Å². The zero-order valence-corrected chi connectivity index (χ0v) is 9.10. The first-order valence-electron chi connectivity index (χ1n) is 5.07. The van der Waals surface area contributed by atoms with Crippen molar-refractivity contribution < 1.29 is 14.3 Å². The van der Waals surface area contributed by atoms with Crippen molar-refractivity contribution in [2.75, 3.05) is 6.61 Å². The van der Waals surface area contributed by atoms with Crippen LogP contribution < -0.4 is 9.47 Å². The molecule has 0 amide bonds. The maximum Gasteiger partial charge on any atom is 0.312 e. The molecule has 1 rings (SSSR count). The maximum absolute atomic E-state index is 11.3. The summed E-state index contributed by atoms with van der Waals surface area (Å²) in [6.45, 7) is 2.36. The Bertz CT molecular complexity index is 395. The third-order valence-electron chi connectivity index (χ3n) is 1.81. The molecule has 1 aromatic carbocycles. The van der Waals surface area contributed by atoms with Crippen molar-refractivity contribution in [3.63, 3.8) is 0 Å². The fourth-order valence-corrected chi connectivity index (χ4v) is 1.14. The predicted molar refractivity (Wildman–Crippen MR) is 58.1 cm³/mol. The van der Waals surface area contributed by atoms with Gasteiger partial charge in [-0.05, 0) is 19.1 Å². The van der Waals surface area contributed by atoms with E-state index in [0.29, 0.717) is 18.1 Å². The molecule has 0 aliphatic carbocycles. The zero-order valence-electron chi connectivity index (χ0n) is 9.10. The molecule has 0 unspecified atom stereocenters. The Morgan fingerprint density at radius 1 is 1.38 bits per heavy atom. The lowest BCUT2D eigenvalue weighted by molar-refractivity contribution is -0.134. The number of ether oxygens (including phenoxy) is 2. The lowest BCUT2D eigenvalue weighted by Gasteiger charge is -2.09. The Morgan fingerprint density at radius 3 is 2.69 bits per heavy atom. The first kappa shape index (κ1) is 12.1. The monoisotopic (exact) mass is 219 g/mol. The first-order valence-corrected chi connectivity index (χ1v) is 5.07. The van der Waals surface area contributed by atoms with Crippen molar-refractivity contribution in [2.24, 2.45) is 0 Å². The number of nitrogens with zero attached hydrogens (tertiary/aromatic N) is 1. The molecular formula is C12H13NO3. The van der Waals surface area contributed by atoms with Gasteiger partial charge >= 0.3 is 5.97 Å². The van der Waals surface area contributed by atoms with Gasteiger partial charge < -0.3 is 9.47 Å². The number of carbonyl (C=O) groups is 1. The van der Waals surface area contributed by atoms with Crippen molar-refractivity contribution in [2.45, 2.75) is 19.8 Å². The van der Waals surface area contributed by atoms with Gasteiger partial charge in [0, 0.05) is 6.42 Å². The molecule has 84 valence electrons. The molecule has 0 spiro atoms. The van der Waals surface area contributed by atoms with E-state index in [9.17, 15) is 4.79 Å². The molecule has 0 fully saturated rings. The molecule has 0 aliphatic rings. The maximum atomic E-state index is 11.3. The van der Waals surface area contributed by atoms with Gasteiger partial charge in [-0.15, -0.1) is 0 Å². The van der Waals surface area contributed by atoms with Crippen LogP contribution in [0.25, 0.3) is 0 Å². The second-order valence-corrected chi connectivity index (χ2v) is 3.01. The van der Waals surface area contributed by atoms with Crippen LogP contribution in [0.5, 0.6) is 11.5 Å². The van der Waals surface area contributed by atoms with Crippen molar-refractivity contribution in [1.82, 2.24) is 0 Å². The minimum Gasteiger partial charge on any atom is -0.490 e. The summed E-state index contributed by atoms with van der Waals surface area (Å²) in [4.78, 5) is 11.3. The molecule has 0 saturated heterocycles. The van der Waals surface area contributed by atoms with Crippen molar-refractivity contribution >= 4 is 5.97 Å². The number of rotatable bonds is 5. The minimum atomic E-state index is -0.422. The van der Waals surface area contributed by atoms with Crippen LogP contribution in [0.4, 0.5) is 0 Å². The fraction of sp³-hybridized carbons (Fsp3) is 0.333. The molecule has 4 nitrogen and oxygen atoms in total. The Labute approximate surface area is 94.4 Å². The van der Waals surface area contributed by atoms with Gasteiger partial charge in [-0.25, -0.2) is 0 Å². The highest BCUT2D eigenvalue weighted by Gasteiger charge is 2.08. The lowest BCUT2D eigenvalue weighted by Crippen LogP contribution is -2.08. The molecular weight excluding hydrogens is 206 g/mol. The van der Waals surface area contributed by atoms with E-state index < -0.39 is 5.97 Å². The summed E-state index contributed by atoms with van der Waals surface area (Å²) in [7, 11) is 0. The van der Waals surface area contributed by atoms with Crippen LogP contribution in [0.2, 0.25) is 0 Å². The highest BCUT2D eigenvalue weighted by atomic mass is 16.6. The largest absolute Gasteiger partial charge is 0.490 e. The molecule has 0 N–H and O–H groups in total. The van der Waals surface area contributed by atoms with E-state index in [4.69, 9.17) is 14.7 Å². The Hall–Kier alpha value is -2.02. The van der Waals surface area contributed by atoms with Gasteiger partial charge in [0.05, 0.1) is 19.1 Å². The summed E-state index contributed by atoms with van der Waals surface area (Å²) in [6.07, 6.45) is 0.257. The molecule has 1 aromatic rings. The summed E-state index contributed by atoms with van der Waals surface area (Å²) in [5, 5.41) is 8.34. The molecule has 0 bridgehead atoms. The zero-order chi connectivity index (χ0) is 11.8. The summed E-state index contributed by atoms with van der Waals surface area (Å²) in [5.41, 5.74) is 0. The van der Waals surface area contributed by atoms with Crippen LogP contribution in [0.1, 0.15) is 19.8 Å². The lowest BCUT2D eigenvalue weighted by atomic mass is 10.3. The SMILES string of the molecule is CCOc1ccccc1OC(=O)CCC#N. The second-order valence-electron chi connectivity index (χ2n) is 3.01.